The van der Waals surface area contributed by atoms with Crippen LogP contribution < -0.4 is 73.8 Å². The SMILES string of the molecule is O.O.O=P([O-])([O-])[O-].O=S(=O)([O-])[O-].[CH2-]CCCCCCCCCCC.[Ca+2].[Ca+2].[Na+].[Na+]. The summed E-state index contributed by atoms with van der Waals surface area (Å²) in [5, 5.41) is 0. The fourth-order valence-electron chi connectivity index (χ4n) is 1.49. The Labute approximate surface area is 273 Å². The van der Waals surface area contributed by atoms with Crippen LogP contribution in [0.25, 0.3) is 0 Å². The van der Waals surface area contributed by atoms with E-state index in [4.69, 9.17) is 36.8 Å². The summed E-state index contributed by atoms with van der Waals surface area (Å²) < 4.78 is 42.6. The van der Waals surface area contributed by atoms with Gasteiger partial charge in [0.2, 0.25) is 0 Å². The predicted octanol–water partition coefficient (Wildman–Crippen LogP) is -7.82. The molecule has 0 aliphatic carbocycles. The summed E-state index contributed by atoms with van der Waals surface area (Å²) in [7, 11) is -10.6. The van der Waals surface area contributed by atoms with E-state index in [1.807, 2.05) is 0 Å². The Morgan fingerprint density at radius 2 is 0.929 bits per heavy atom. The molecule has 0 aromatic carbocycles. The van der Waals surface area contributed by atoms with Gasteiger partial charge in [-0.1, -0.05) is 64.7 Å². The maximum absolute atomic E-state index is 8.55. The quantitative estimate of drug-likeness (QED) is 0.0703. The molecule has 0 radical (unpaired) electrons. The standard InChI is InChI=1S/C12H25.2Ca.2Na.H3O4P.H2O4S.2H2O/c1-3-5-7-9-11-12-10-8-6-4-2;;;;;2*1-5(2,3)4;;/h1,3-12H2,2H3;;;;;(H3,1,2,3,4);(H2,1,2,3,4);2*1H2/q-1;2*+2;2*+1;;;;/p-5. The second kappa shape index (κ2) is 41.7. The van der Waals surface area contributed by atoms with E-state index in [2.05, 4.69) is 13.8 Å². The van der Waals surface area contributed by atoms with Crippen molar-refractivity contribution in [1.82, 2.24) is 0 Å². The molecular formula is C12H29Ca2Na2O10PS. The third-order valence-electron chi connectivity index (χ3n) is 2.35. The van der Waals surface area contributed by atoms with Crippen LogP contribution in [-0.4, -0.2) is 104 Å². The van der Waals surface area contributed by atoms with E-state index in [1.54, 1.807) is 0 Å². The Balaban J connectivity index is -0.0000000281. The second-order valence-corrected chi connectivity index (χ2v) is 6.25. The maximum Gasteiger partial charge on any atom is 2.00 e. The molecule has 0 saturated carbocycles. The predicted molar refractivity (Wildman–Crippen MR) is 94.0 cm³/mol. The van der Waals surface area contributed by atoms with Crippen molar-refractivity contribution in [2.24, 2.45) is 0 Å². The third kappa shape index (κ3) is 146. The van der Waals surface area contributed by atoms with Crippen molar-refractivity contribution in [3.8, 4) is 0 Å². The van der Waals surface area contributed by atoms with Crippen LogP contribution in [-0.2, 0) is 15.0 Å². The minimum absolute atomic E-state index is 0. The molecule has 0 aromatic rings. The van der Waals surface area contributed by atoms with Crippen molar-refractivity contribution in [3.63, 3.8) is 0 Å². The van der Waals surface area contributed by atoms with Crippen molar-refractivity contribution in [1.29, 1.82) is 0 Å². The molecule has 0 aliphatic rings. The van der Waals surface area contributed by atoms with Gasteiger partial charge in [0.05, 0.1) is 0 Å². The smallest absolute Gasteiger partial charge is 0.822 e. The largest absolute Gasteiger partial charge is 2.00 e. The molecule has 0 aliphatic heterocycles. The molecular weight excluding hydrogens is 493 g/mol. The first-order chi connectivity index (χ1) is 9.91. The van der Waals surface area contributed by atoms with Crippen LogP contribution >= 0.6 is 7.82 Å². The summed E-state index contributed by atoms with van der Waals surface area (Å²) in [5.41, 5.74) is 0. The number of hydrogen-bond donors (Lipinski definition) is 0. The molecule has 0 heterocycles. The molecule has 154 valence electrons. The molecule has 28 heavy (non-hydrogen) atoms. The van der Waals surface area contributed by atoms with Gasteiger partial charge in [-0.15, -0.1) is 0 Å². The summed E-state index contributed by atoms with van der Waals surface area (Å²) in [6.07, 6.45) is 13.9. The van der Waals surface area contributed by atoms with E-state index in [-0.39, 0.29) is 146 Å². The Morgan fingerprint density at radius 1 is 0.750 bits per heavy atom. The average molecular weight is 523 g/mol. The normalized spacial score (nSPS) is 8.68. The first kappa shape index (κ1) is 58.4. The van der Waals surface area contributed by atoms with E-state index in [0.717, 1.165) is 6.42 Å². The number of unbranched alkanes of at least 4 members (excludes halogenated alkanes) is 9. The molecule has 4 N–H and O–H groups in total. The summed E-state index contributed by atoms with van der Waals surface area (Å²) in [5.74, 6) is 0. The van der Waals surface area contributed by atoms with Crippen molar-refractivity contribution >= 4 is 93.7 Å². The molecule has 0 rings (SSSR count). The van der Waals surface area contributed by atoms with E-state index < -0.39 is 18.2 Å². The maximum atomic E-state index is 8.55. The van der Waals surface area contributed by atoms with Crippen LogP contribution in [0.3, 0.4) is 0 Å². The van der Waals surface area contributed by atoms with Crippen molar-refractivity contribution < 1.29 is 107 Å². The van der Waals surface area contributed by atoms with E-state index >= 15 is 0 Å². The molecule has 0 spiro atoms. The number of hydrogen-bond acceptors (Lipinski definition) is 8. The molecule has 0 atom stereocenters. The Hall–Kier alpha value is 4.42. The third-order valence-corrected chi connectivity index (χ3v) is 2.35. The van der Waals surface area contributed by atoms with Gasteiger partial charge in [-0.05, 0) is 0 Å². The molecule has 0 fully saturated rings. The van der Waals surface area contributed by atoms with Crippen molar-refractivity contribution in [3.05, 3.63) is 6.92 Å². The zero-order valence-corrected chi connectivity index (χ0v) is 27.4. The zero-order valence-electron chi connectivity index (χ0n) is 17.3. The van der Waals surface area contributed by atoms with Crippen LogP contribution in [0.2, 0.25) is 0 Å². The van der Waals surface area contributed by atoms with Gasteiger partial charge in [0.15, 0.2) is 0 Å². The summed E-state index contributed by atoms with van der Waals surface area (Å²) in [6, 6.07) is 0. The van der Waals surface area contributed by atoms with Crippen molar-refractivity contribution in [2.75, 3.05) is 0 Å². The summed E-state index contributed by atoms with van der Waals surface area (Å²) >= 11 is 0. The zero-order chi connectivity index (χ0) is 18.1. The van der Waals surface area contributed by atoms with Gasteiger partial charge < -0.3 is 46.2 Å². The molecule has 16 heteroatoms. The molecule has 0 aromatic heterocycles. The van der Waals surface area contributed by atoms with Crippen LogP contribution in [0.5, 0.6) is 0 Å². The molecule has 0 saturated heterocycles. The molecule has 0 bridgehead atoms. The minimum atomic E-state index is -5.39. The molecule has 0 amide bonds. The van der Waals surface area contributed by atoms with Gasteiger partial charge >= 0.3 is 135 Å². The topological polar surface area (TPSA) is 230 Å². The number of phosphoric acid groups is 1. The van der Waals surface area contributed by atoms with Gasteiger partial charge in [-0.25, -0.2) is 0 Å². The second-order valence-electron chi connectivity index (χ2n) is 4.54. The number of rotatable bonds is 9. The minimum Gasteiger partial charge on any atom is -0.822 e. The summed E-state index contributed by atoms with van der Waals surface area (Å²) in [4.78, 5) is 25.6. The van der Waals surface area contributed by atoms with Crippen LogP contribution in [0.4, 0.5) is 0 Å². The van der Waals surface area contributed by atoms with Gasteiger partial charge in [0, 0.05) is 10.4 Å². The first-order valence-electron chi connectivity index (χ1n) is 7.10. The van der Waals surface area contributed by atoms with Crippen molar-refractivity contribution in [2.45, 2.75) is 71.1 Å². The van der Waals surface area contributed by atoms with Crippen LogP contribution in [0, 0.1) is 6.92 Å². The van der Waals surface area contributed by atoms with Gasteiger partial charge in [0.1, 0.15) is 0 Å². The van der Waals surface area contributed by atoms with E-state index in [0.29, 0.717) is 0 Å². The molecule has 0 unspecified atom stereocenters. The van der Waals surface area contributed by atoms with E-state index in [9.17, 15) is 0 Å². The fraction of sp³-hybridized carbons (Fsp3) is 0.917. The Morgan fingerprint density at radius 3 is 1.11 bits per heavy atom. The fourth-order valence-corrected chi connectivity index (χ4v) is 1.49. The van der Waals surface area contributed by atoms with Gasteiger partial charge in [-0.2, -0.15) is 14.2 Å². The van der Waals surface area contributed by atoms with Crippen LogP contribution in [0.1, 0.15) is 71.1 Å². The first-order valence-corrected chi connectivity index (χ1v) is 9.90. The van der Waals surface area contributed by atoms with Gasteiger partial charge in [-0.3, -0.25) is 8.42 Å². The van der Waals surface area contributed by atoms with E-state index in [1.165, 1.54) is 57.8 Å². The van der Waals surface area contributed by atoms with Gasteiger partial charge in [0.25, 0.3) is 0 Å². The molecule has 10 nitrogen and oxygen atoms in total. The Kier molecular flexibility index (Phi) is 86.8. The monoisotopic (exact) mass is 522 g/mol. The Bertz CT molecular complexity index is 349. The van der Waals surface area contributed by atoms with Crippen LogP contribution in [0.15, 0.2) is 0 Å². The summed E-state index contributed by atoms with van der Waals surface area (Å²) in [6.45, 7) is 6.12. The average Bonchev–Trinajstić information content (AvgIpc) is 2.28.